The smallest absolute Gasteiger partial charge is 0.379 e. The van der Waals surface area contributed by atoms with Gasteiger partial charge in [0.05, 0.1) is 18.6 Å². The molecule has 1 saturated heterocycles. The molecule has 7 heteroatoms. The fourth-order valence-corrected chi connectivity index (χ4v) is 2.01. The van der Waals surface area contributed by atoms with E-state index >= 15 is 0 Å². The molecule has 1 aliphatic heterocycles. The third-order valence-electron chi connectivity index (χ3n) is 3.16. The SMILES string of the molecule is CCCN(CC(F)(F)F)C(=O)C1(C)COCC1N. The lowest BCUT2D eigenvalue weighted by Crippen LogP contribution is -2.53. The summed E-state index contributed by atoms with van der Waals surface area (Å²) in [6.07, 6.45) is -3.93. The van der Waals surface area contributed by atoms with Crippen LogP contribution in [0.1, 0.15) is 20.3 Å². The number of halogens is 3. The van der Waals surface area contributed by atoms with Gasteiger partial charge in [0.2, 0.25) is 5.91 Å². The maximum Gasteiger partial charge on any atom is 0.406 e. The standard InChI is InChI=1S/C11H19F3N2O2/c1-3-4-16(6-11(12,13)14)9(17)10(2)7-18-5-8(10)15/h8H,3-7,15H2,1-2H3. The highest BCUT2D eigenvalue weighted by atomic mass is 19.4. The summed E-state index contributed by atoms with van der Waals surface area (Å²) < 4.78 is 42.4. The van der Waals surface area contributed by atoms with Gasteiger partial charge in [0.25, 0.3) is 0 Å². The lowest BCUT2D eigenvalue weighted by Gasteiger charge is -2.33. The van der Waals surface area contributed by atoms with Crippen molar-refractivity contribution in [2.75, 3.05) is 26.3 Å². The zero-order valence-corrected chi connectivity index (χ0v) is 10.6. The van der Waals surface area contributed by atoms with Crippen LogP contribution in [0.5, 0.6) is 0 Å². The molecular formula is C11H19F3N2O2. The fourth-order valence-electron chi connectivity index (χ4n) is 2.01. The van der Waals surface area contributed by atoms with Crippen LogP contribution in [0.15, 0.2) is 0 Å². The summed E-state index contributed by atoms with van der Waals surface area (Å²) in [5.41, 5.74) is 4.70. The first kappa shape index (κ1) is 15.2. The van der Waals surface area contributed by atoms with Crippen LogP contribution < -0.4 is 5.73 Å². The van der Waals surface area contributed by atoms with E-state index in [1.165, 1.54) is 0 Å². The number of ether oxygens (including phenoxy) is 1. The molecule has 0 aliphatic carbocycles. The van der Waals surface area contributed by atoms with E-state index in [1.54, 1.807) is 13.8 Å². The number of hydrogen-bond acceptors (Lipinski definition) is 3. The molecule has 1 amide bonds. The summed E-state index contributed by atoms with van der Waals surface area (Å²) in [6.45, 7) is 2.40. The molecule has 106 valence electrons. The third kappa shape index (κ3) is 3.35. The van der Waals surface area contributed by atoms with Crippen LogP contribution in [0.25, 0.3) is 0 Å². The van der Waals surface area contributed by atoms with Crippen LogP contribution in [0.4, 0.5) is 13.2 Å². The average Bonchev–Trinajstić information content (AvgIpc) is 2.57. The Morgan fingerprint density at radius 2 is 2.17 bits per heavy atom. The Morgan fingerprint density at radius 3 is 2.56 bits per heavy atom. The van der Waals surface area contributed by atoms with Gasteiger partial charge in [-0.1, -0.05) is 6.92 Å². The average molecular weight is 268 g/mol. The number of carbonyl (C=O) groups excluding carboxylic acids is 1. The van der Waals surface area contributed by atoms with E-state index in [0.29, 0.717) is 6.42 Å². The van der Waals surface area contributed by atoms with Crippen LogP contribution in [-0.4, -0.2) is 49.3 Å². The van der Waals surface area contributed by atoms with Crippen molar-refractivity contribution in [1.29, 1.82) is 0 Å². The van der Waals surface area contributed by atoms with Crippen molar-refractivity contribution in [2.45, 2.75) is 32.5 Å². The molecule has 2 atom stereocenters. The fraction of sp³-hybridized carbons (Fsp3) is 0.909. The molecule has 0 aromatic rings. The normalized spacial score (nSPS) is 28.4. The molecule has 0 spiro atoms. The van der Waals surface area contributed by atoms with Gasteiger partial charge in [0, 0.05) is 12.6 Å². The number of amides is 1. The minimum absolute atomic E-state index is 0.0701. The van der Waals surface area contributed by atoms with E-state index in [9.17, 15) is 18.0 Å². The van der Waals surface area contributed by atoms with Crippen molar-refractivity contribution >= 4 is 5.91 Å². The monoisotopic (exact) mass is 268 g/mol. The third-order valence-corrected chi connectivity index (χ3v) is 3.16. The van der Waals surface area contributed by atoms with Crippen molar-refractivity contribution in [3.05, 3.63) is 0 Å². The number of rotatable bonds is 4. The summed E-state index contributed by atoms with van der Waals surface area (Å²) in [5, 5.41) is 0. The Bertz CT molecular complexity index is 309. The Labute approximate surface area is 104 Å². The number of nitrogens with two attached hydrogens (primary N) is 1. The van der Waals surface area contributed by atoms with E-state index in [-0.39, 0.29) is 19.8 Å². The highest BCUT2D eigenvalue weighted by Gasteiger charge is 2.47. The van der Waals surface area contributed by atoms with Crippen molar-refractivity contribution in [3.63, 3.8) is 0 Å². The van der Waals surface area contributed by atoms with Gasteiger partial charge in [0.15, 0.2) is 0 Å². The van der Waals surface area contributed by atoms with Crippen LogP contribution in [0.3, 0.4) is 0 Å². The minimum Gasteiger partial charge on any atom is -0.379 e. The molecular weight excluding hydrogens is 249 g/mol. The van der Waals surface area contributed by atoms with Crippen LogP contribution in [0.2, 0.25) is 0 Å². The van der Waals surface area contributed by atoms with Crippen molar-refractivity contribution < 1.29 is 22.7 Å². The molecule has 0 bridgehead atoms. The first-order valence-electron chi connectivity index (χ1n) is 5.90. The van der Waals surface area contributed by atoms with Gasteiger partial charge >= 0.3 is 6.18 Å². The molecule has 2 unspecified atom stereocenters. The largest absolute Gasteiger partial charge is 0.406 e. The summed E-state index contributed by atoms with van der Waals surface area (Å²) in [4.78, 5) is 13.0. The van der Waals surface area contributed by atoms with Gasteiger partial charge < -0.3 is 15.4 Å². The van der Waals surface area contributed by atoms with Gasteiger partial charge in [-0.3, -0.25) is 4.79 Å². The van der Waals surface area contributed by atoms with E-state index in [2.05, 4.69) is 0 Å². The minimum atomic E-state index is -4.40. The number of alkyl halides is 3. The number of nitrogens with zero attached hydrogens (tertiary/aromatic N) is 1. The Balaban J connectivity index is 2.82. The van der Waals surface area contributed by atoms with E-state index in [0.717, 1.165) is 4.90 Å². The maximum absolute atomic E-state index is 12.4. The molecule has 1 rings (SSSR count). The Hall–Kier alpha value is -0.820. The van der Waals surface area contributed by atoms with Crippen LogP contribution in [0, 0.1) is 5.41 Å². The van der Waals surface area contributed by atoms with Crippen molar-refractivity contribution in [3.8, 4) is 0 Å². The Morgan fingerprint density at radius 1 is 1.56 bits per heavy atom. The molecule has 2 N–H and O–H groups in total. The van der Waals surface area contributed by atoms with Gasteiger partial charge in [-0.2, -0.15) is 13.2 Å². The first-order chi connectivity index (χ1) is 8.20. The van der Waals surface area contributed by atoms with Gasteiger partial charge in [-0.25, -0.2) is 0 Å². The molecule has 0 aromatic heterocycles. The zero-order chi connectivity index (χ0) is 14.0. The van der Waals surface area contributed by atoms with Gasteiger partial charge in [-0.05, 0) is 13.3 Å². The first-order valence-corrected chi connectivity index (χ1v) is 5.90. The maximum atomic E-state index is 12.4. The highest BCUT2D eigenvalue weighted by molar-refractivity contribution is 5.83. The number of carbonyl (C=O) groups is 1. The topological polar surface area (TPSA) is 55.6 Å². The molecule has 1 fully saturated rings. The molecule has 0 aromatic carbocycles. The summed E-state index contributed by atoms with van der Waals surface area (Å²) in [5.74, 6) is -0.577. The van der Waals surface area contributed by atoms with Gasteiger partial charge in [-0.15, -0.1) is 0 Å². The molecule has 1 aliphatic rings. The predicted molar refractivity (Wildman–Crippen MR) is 59.8 cm³/mol. The van der Waals surface area contributed by atoms with Gasteiger partial charge in [0.1, 0.15) is 6.54 Å². The highest BCUT2D eigenvalue weighted by Crippen LogP contribution is 2.30. The lowest BCUT2D eigenvalue weighted by molar-refractivity contribution is -0.167. The van der Waals surface area contributed by atoms with Crippen LogP contribution in [-0.2, 0) is 9.53 Å². The summed E-state index contributed by atoms with van der Waals surface area (Å²) in [7, 11) is 0. The second kappa shape index (κ2) is 5.44. The molecule has 4 nitrogen and oxygen atoms in total. The quantitative estimate of drug-likeness (QED) is 0.832. The molecule has 1 heterocycles. The molecule has 0 radical (unpaired) electrons. The van der Waals surface area contributed by atoms with Crippen molar-refractivity contribution in [1.82, 2.24) is 4.90 Å². The van der Waals surface area contributed by atoms with Crippen LogP contribution >= 0.6 is 0 Å². The van der Waals surface area contributed by atoms with E-state index < -0.39 is 30.1 Å². The molecule has 18 heavy (non-hydrogen) atoms. The van der Waals surface area contributed by atoms with E-state index in [4.69, 9.17) is 10.5 Å². The number of hydrogen-bond donors (Lipinski definition) is 1. The summed E-state index contributed by atoms with van der Waals surface area (Å²) >= 11 is 0. The zero-order valence-electron chi connectivity index (χ0n) is 10.6. The van der Waals surface area contributed by atoms with E-state index in [1.807, 2.05) is 0 Å². The Kier molecular flexibility index (Phi) is 4.61. The van der Waals surface area contributed by atoms with Crippen molar-refractivity contribution in [2.24, 2.45) is 11.1 Å². The predicted octanol–water partition coefficient (Wildman–Crippen LogP) is 1.15. The molecule has 0 saturated carbocycles. The summed E-state index contributed by atoms with van der Waals surface area (Å²) in [6, 6.07) is -0.558. The lowest BCUT2D eigenvalue weighted by atomic mass is 9.84. The second-order valence-electron chi connectivity index (χ2n) is 4.88. The second-order valence-corrected chi connectivity index (χ2v) is 4.88.